The van der Waals surface area contributed by atoms with E-state index in [4.69, 9.17) is 17.3 Å². The molecule has 1 aromatic rings. The first-order chi connectivity index (χ1) is 7.58. The summed E-state index contributed by atoms with van der Waals surface area (Å²) < 4.78 is 0. The van der Waals surface area contributed by atoms with E-state index in [0.29, 0.717) is 18.0 Å². The molecule has 4 nitrogen and oxygen atoms in total. The molecule has 0 aliphatic carbocycles. The third-order valence-corrected chi connectivity index (χ3v) is 2.80. The molecule has 0 bridgehead atoms. The summed E-state index contributed by atoms with van der Waals surface area (Å²) in [6.45, 7) is 0.321. The first-order valence-electron chi connectivity index (χ1n) is 4.95. The van der Waals surface area contributed by atoms with Crippen LogP contribution in [0, 0.1) is 0 Å². The van der Waals surface area contributed by atoms with E-state index < -0.39 is 5.91 Å². The largest absolute Gasteiger partial charge is 0.370 e. The van der Waals surface area contributed by atoms with E-state index in [1.807, 2.05) is 6.07 Å². The number of rotatable bonds is 3. The van der Waals surface area contributed by atoms with Gasteiger partial charge in [0.1, 0.15) is 0 Å². The summed E-state index contributed by atoms with van der Waals surface area (Å²) in [6, 6.07) is 5.33. The van der Waals surface area contributed by atoms with E-state index in [9.17, 15) is 9.59 Å². The van der Waals surface area contributed by atoms with Crippen LogP contribution < -0.4 is 10.6 Å². The minimum Gasteiger partial charge on any atom is -0.370 e. The summed E-state index contributed by atoms with van der Waals surface area (Å²) in [5.41, 5.74) is 6.80. The van der Waals surface area contributed by atoms with Crippen LogP contribution >= 0.6 is 11.6 Å². The highest BCUT2D eigenvalue weighted by atomic mass is 35.5. The van der Waals surface area contributed by atoms with Crippen molar-refractivity contribution in [2.75, 3.05) is 11.4 Å². The van der Waals surface area contributed by atoms with Crippen LogP contribution in [0.2, 0.25) is 5.02 Å². The number of primary amides is 1. The number of hydrogen-bond donors (Lipinski definition) is 1. The Hall–Kier alpha value is -1.55. The zero-order chi connectivity index (χ0) is 11.7. The average molecular weight is 239 g/mol. The van der Waals surface area contributed by atoms with Gasteiger partial charge in [-0.3, -0.25) is 9.59 Å². The predicted molar refractivity (Wildman–Crippen MR) is 61.3 cm³/mol. The standard InChI is InChI=1S/C11H11ClN2O2/c12-8-2-1-7-5-11(16)14(9(7)6-8)4-3-10(13)15/h1-2,6H,3-5H2,(H2,13,15). The van der Waals surface area contributed by atoms with Crippen molar-refractivity contribution in [1.29, 1.82) is 0 Å². The van der Waals surface area contributed by atoms with E-state index >= 15 is 0 Å². The van der Waals surface area contributed by atoms with Gasteiger partial charge in [-0.05, 0) is 17.7 Å². The lowest BCUT2D eigenvalue weighted by molar-refractivity contribution is -0.118. The van der Waals surface area contributed by atoms with Crippen molar-refractivity contribution in [2.45, 2.75) is 12.8 Å². The summed E-state index contributed by atoms with van der Waals surface area (Å²) in [6.07, 6.45) is 0.531. The second-order valence-corrected chi connectivity index (χ2v) is 4.15. The lowest BCUT2D eigenvalue weighted by Gasteiger charge is -2.16. The van der Waals surface area contributed by atoms with E-state index in [2.05, 4.69) is 0 Å². The van der Waals surface area contributed by atoms with Crippen LogP contribution in [0.1, 0.15) is 12.0 Å². The number of benzene rings is 1. The molecule has 0 aromatic heterocycles. The molecule has 0 spiro atoms. The number of carbonyl (C=O) groups is 2. The molecule has 0 unspecified atom stereocenters. The van der Waals surface area contributed by atoms with Gasteiger partial charge in [-0.1, -0.05) is 17.7 Å². The molecule has 2 amide bonds. The number of hydrogen-bond acceptors (Lipinski definition) is 2. The minimum absolute atomic E-state index is 0.0153. The van der Waals surface area contributed by atoms with Crippen molar-refractivity contribution in [1.82, 2.24) is 0 Å². The molecule has 0 atom stereocenters. The van der Waals surface area contributed by atoms with Crippen LogP contribution in [0.4, 0.5) is 5.69 Å². The summed E-state index contributed by atoms with van der Waals surface area (Å²) in [4.78, 5) is 23.9. The summed E-state index contributed by atoms with van der Waals surface area (Å²) in [7, 11) is 0. The van der Waals surface area contributed by atoms with Crippen LogP contribution in [0.3, 0.4) is 0 Å². The van der Waals surface area contributed by atoms with Crippen molar-refractivity contribution < 1.29 is 9.59 Å². The molecule has 2 rings (SSSR count). The van der Waals surface area contributed by atoms with Gasteiger partial charge in [-0.15, -0.1) is 0 Å². The number of nitrogens with two attached hydrogens (primary N) is 1. The molecule has 0 saturated carbocycles. The summed E-state index contributed by atoms with van der Waals surface area (Å²) >= 11 is 5.87. The van der Waals surface area contributed by atoms with Gasteiger partial charge >= 0.3 is 0 Å². The Morgan fingerprint density at radius 1 is 1.50 bits per heavy atom. The van der Waals surface area contributed by atoms with E-state index in [0.717, 1.165) is 11.3 Å². The molecule has 2 N–H and O–H groups in total. The highest BCUT2D eigenvalue weighted by Gasteiger charge is 2.27. The number of anilines is 1. The summed E-state index contributed by atoms with van der Waals surface area (Å²) in [5.74, 6) is -0.429. The maximum Gasteiger partial charge on any atom is 0.231 e. The number of halogens is 1. The Morgan fingerprint density at radius 3 is 2.94 bits per heavy atom. The van der Waals surface area contributed by atoms with E-state index in [1.54, 1.807) is 17.0 Å². The quantitative estimate of drug-likeness (QED) is 0.857. The minimum atomic E-state index is -0.414. The summed E-state index contributed by atoms with van der Waals surface area (Å²) in [5, 5.41) is 0.581. The van der Waals surface area contributed by atoms with E-state index in [1.165, 1.54) is 0 Å². The van der Waals surface area contributed by atoms with Gasteiger partial charge < -0.3 is 10.6 Å². The third kappa shape index (κ3) is 2.02. The molecule has 0 saturated heterocycles. The van der Waals surface area contributed by atoms with Crippen molar-refractivity contribution in [3.05, 3.63) is 28.8 Å². The maximum absolute atomic E-state index is 11.7. The van der Waals surface area contributed by atoms with Gasteiger partial charge in [0.25, 0.3) is 0 Å². The van der Waals surface area contributed by atoms with Crippen molar-refractivity contribution in [3.8, 4) is 0 Å². The molecular formula is C11H11ClN2O2. The fourth-order valence-electron chi connectivity index (χ4n) is 1.80. The lowest BCUT2D eigenvalue weighted by Crippen LogP contribution is -2.30. The smallest absolute Gasteiger partial charge is 0.231 e. The zero-order valence-corrected chi connectivity index (χ0v) is 9.33. The normalized spacial score (nSPS) is 14.1. The Morgan fingerprint density at radius 2 is 2.25 bits per heavy atom. The molecule has 1 aliphatic rings. The van der Waals surface area contributed by atoms with Crippen LogP contribution in [0.25, 0.3) is 0 Å². The first kappa shape index (κ1) is 11.0. The number of carbonyl (C=O) groups excluding carboxylic acids is 2. The predicted octanol–water partition coefficient (Wildman–Crippen LogP) is 1.10. The molecule has 16 heavy (non-hydrogen) atoms. The second-order valence-electron chi connectivity index (χ2n) is 3.71. The fourth-order valence-corrected chi connectivity index (χ4v) is 1.96. The highest BCUT2D eigenvalue weighted by Crippen LogP contribution is 2.31. The maximum atomic E-state index is 11.7. The Labute approximate surface area is 98.0 Å². The van der Waals surface area contributed by atoms with E-state index in [-0.39, 0.29) is 12.3 Å². The fraction of sp³-hybridized carbons (Fsp3) is 0.273. The van der Waals surface area contributed by atoms with Crippen LogP contribution in [0.5, 0.6) is 0 Å². The number of amides is 2. The highest BCUT2D eigenvalue weighted by molar-refractivity contribution is 6.31. The Balaban J connectivity index is 2.24. The second kappa shape index (κ2) is 4.14. The van der Waals surface area contributed by atoms with Gasteiger partial charge in [-0.2, -0.15) is 0 Å². The Bertz CT molecular complexity index is 459. The molecule has 1 heterocycles. The molecule has 0 radical (unpaired) electrons. The average Bonchev–Trinajstić information content (AvgIpc) is 2.51. The van der Waals surface area contributed by atoms with Crippen LogP contribution in [-0.4, -0.2) is 18.4 Å². The molecule has 1 aliphatic heterocycles. The topological polar surface area (TPSA) is 63.4 Å². The van der Waals surface area contributed by atoms with Crippen LogP contribution in [0.15, 0.2) is 18.2 Å². The Kier molecular flexibility index (Phi) is 2.83. The van der Waals surface area contributed by atoms with Crippen LogP contribution in [-0.2, 0) is 16.0 Å². The van der Waals surface area contributed by atoms with Crippen molar-refractivity contribution in [2.24, 2.45) is 5.73 Å². The third-order valence-electron chi connectivity index (χ3n) is 2.56. The number of fused-ring (bicyclic) bond motifs is 1. The molecule has 84 valence electrons. The van der Waals surface area contributed by atoms with Gasteiger partial charge in [0, 0.05) is 23.7 Å². The number of nitrogens with zero attached hydrogens (tertiary/aromatic N) is 1. The zero-order valence-electron chi connectivity index (χ0n) is 8.57. The van der Waals surface area contributed by atoms with Gasteiger partial charge in [0.2, 0.25) is 11.8 Å². The molecule has 5 heteroatoms. The van der Waals surface area contributed by atoms with Gasteiger partial charge in [-0.25, -0.2) is 0 Å². The van der Waals surface area contributed by atoms with Gasteiger partial charge in [0.15, 0.2) is 0 Å². The SMILES string of the molecule is NC(=O)CCN1C(=O)Cc2ccc(Cl)cc21. The first-order valence-corrected chi connectivity index (χ1v) is 5.33. The monoisotopic (exact) mass is 238 g/mol. The van der Waals surface area contributed by atoms with Gasteiger partial charge in [0.05, 0.1) is 6.42 Å². The molecular weight excluding hydrogens is 228 g/mol. The lowest BCUT2D eigenvalue weighted by atomic mass is 10.2. The van der Waals surface area contributed by atoms with Crippen molar-refractivity contribution >= 4 is 29.1 Å². The van der Waals surface area contributed by atoms with Crippen molar-refractivity contribution in [3.63, 3.8) is 0 Å². The molecule has 0 fully saturated rings. The molecule has 1 aromatic carbocycles.